The highest BCUT2D eigenvalue weighted by molar-refractivity contribution is 9.10. The Bertz CT molecular complexity index is 1410. The molecule has 5 aromatic rings. The van der Waals surface area contributed by atoms with Gasteiger partial charge in [-0.2, -0.15) is 0 Å². The summed E-state index contributed by atoms with van der Waals surface area (Å²) in [6.07, 6.45) is 1.64. The Morgan fingerprint density at radius 2 is 1.79 bits per heavy atom. The molecule has 0 amide bonds. The third-order valence-corrected chi connectivity index (χ3v) is 5.76. The zero-order valence-electron chi connectivity index (χ0n) is 15.8. The van der Waals surface area contributed by atoms with Crippen molar-refractivity contribution in [2.45, 2.75) is 13.5 Å². The maximum atomic E-state index is 13.1. The summed E-state index contributed by atoms with van der Waals surface area (Å²) in [5.74, 6) is 0. The standard InChI is InChI=1S/C24H18BrN3O/c1-15-6-8-16(9-7-15)23-20(18-4-2-3-5-22(18)27-23)13-28-14-26-21-11-10-17(25)12-19(21)24(28)29/h2-12,14,27H,13H2,1H3. The van der Waals surface area contributed by atoms with Gasteiger partial charge >= 0.3 is 0 Å². The van der Waals surface area contributed by atoms with E-state index in [4.69, 9.17) is 0 Å². The highest BCUT2D eigenvalue weighted by Gasteiger charge is 2.15. The number of nitrogens with one attached hydrogen (secondary N) is 1. The number of aryl methyl sites for hydroxylation is 1. The molecule has 0 saturated carbocycles. The van der Waals surface area contributed by atoms with E-state index in [2.05, 4.69) is 69.2 Å². The SMILES string of the molecule is Cc1ccc(-c2[nH]c3ccccc3c2Cn2cnc3ccc(Br)cc3c2=O)cc1. The molecule has 0 unspecified atom stereocenters. The van der Waals surface area contributed by atoms with E-state index in [1.54, 1.807) is 10.9 Å². The number of nitrogens with zero attached hydrogens (tertiary/aromatic N) is 2. The van der Waals surface area contributed by atoms with Crippen molar-refractivity contribution in [3.05, 3.63) is 99.0 Å². The predicted molar refractivity (Wildman–Crippen MR) is 121 cm³/mol. The number of para-hydroxylation sites is 1. The highest BCUT2D eigenvalue weighted by Crippen LogP contribution is 2.31. The van der Waals surface area contributed by atoms with E-state index in [1.807, 2.05) is 30.3 Å². The number of hydrogen-bond acceptors (Lipinski definition) is 2. The van der Waals surface area contributed by atoms with Gasteiger partial charge in [0.05, 0.1) is 29.5 Å². The monoisotopic (exact) mass is 443 g/mol. The Hall–Kier alpha value is -3.18. The maximum Gasteiger partial charge on any atom is 0.261 e. The van der Waals surface area contributed by atoms with Gasteiger partial charge in [-0.3, -0.25) is 9.36 Å². The normalized spacial score (nSPS) is 11.4. The van der Waals surface area contributed by atoms with Gasteiger partial charge in [-0.05, 0) is 36.8 Å². The fourth-order valence-electron chi connectivity index (χ4n) is 3.75. The van der Waals surface area contributed by atoms with Crippen molar-refractivity contribution in [1.82, 2.24) is 14.5 Å². The minimum absolute atomic E-state index is 0.0450. The number of rotatable bonds is 3. The number of hydrogen-bond donors (Lipinski definition) is 1. The molecule has 1 N–H and O–H groups in total. The number of fused-ring (bicyclic) bond motifs is 2. The average molecular weight is 444 g/mol. The summed E-state index contributed by atoms with van der Waals surface area (Å²) in [7, 11) is 0. The molecule has 0 fully saturated rings. The summed E-state index contributed by atoms with van der Waals surface area (Å²) < 4.78 is 2.55. The summed E-state index contributed by atoms with van der Waals surface area (Å²) in [6, 6.07) is 22.2. The van der Waals surface area contributed by atoms with Crippen molar-refractivity contribution < 1.29 is 0 Å². The van der Waals surface area contributed by atoms with Crippen LogP contribution in [-0.2, 0) is 6.54 Å². The zero-order chi connectivity index (χ0) is 20.0. The lowest BCUT2D eigenvalue weighted by molar-refractivity contribution is 0.753. The Morgan fingerprint density at radius 3 is 2.62 bits per heavy atom. The quantitative estimate of drug-likeness (QED) is 0.390. The molecule has 142 valence electrons. The second kappa shape index (κ2) is 7.01. The van der Waals surface area contributed by atoms with Crippen LogP contribution >= 0.6 is 15.9 Å². The van der Waals surface area contributed by atoms with Crippen molar-refractivity contribution in [3.63, 3.8) is 0 Å². The fraction of sp³-hybridized carbons (Fsp3) is 0.0833. The second-order valence-electron chi connectivity index (χ2n) is 7.23. The summed E-state index contributed by atoms with van der Waals surface area (Å²) in [5, 5.41) is 1.72. The van der Waals surface area contributed by atoms with Crippen molar-refractivity contribution in [1.29, 1.82) is 0 Å². The fourth-order valence-corrected chi connectivity index (χ4v) is 4.11. The molecule has 0 radical (unpaired) electrons. The van der Waals surface area contributed by atoms with Gasteiger partial charge in [0.2, 0.25) is 0 Å². The van der Waals surface area contributed by atoms with Crippen LogP contribution in [0.2, 0.25) is 0 Å². The van der Waals surface area contributed by atoms with Gasteiger partial charge in [-0.25, -0.2) is 4.98 Å². The molecular formula is C24H18BrN3O. The lowest BCUT2D eigenvalue weighted by Gasteiger charge is -2.09. The van der Waals surface area contributed by atoms with Crippen LogP contribution in [0.5, 0.6) is 0 Å². The molecule has 0 aliphatic rings. The number of H-pyrrole nitrogens is 1. The van der Waals surface area contributed by atoms with Gasteiger partial charge in [0.15, 0.2) is 0 Å². The highest BCUT2D eigenvalue weighted by atomic mass is 79.9. The van der Waals surface area contributed by atoms with Crippen molar-refractivity contribution in [3.8, 4) is 11.3 Å². The zero-order valence-corrected chi connectivity index (χ0v) is 17.4. The minimum Gasteiger partial charge on any atom is -0.354 e. The van der Waals surface area contributed by atoms with Gasteiger partial charge in [-0.1, -0.05) is 64.0 Å². The van der Waals surface area contributed by atoms with Gasteiger partial charge < -0.3 is 4.98 Å². The Kier molecular flexibility index (Phi) is 4.32. The first-order chi connectivity index (χ1) is 14.1. The molecule has 0 aliphatic heterocycles. The van der Waals surface area contributed by atoms with Crippen LogP contribution in [0.3, 0.4) is 0 Å². The van der Waals surface area contributed by atoms with E-state index >= 15 is 0 Å². The molecule has 5 rings (SSSR count). The summed E-state index contributed by atoms with van der Waals surface area (Å²) in [5.41, 5.74) is 6.15. The molecule has 0 aliphatic carbocycles. The van der Waals surface area contributed by atoms with E-state index in [9.17, 15) is 4.79 Å². The first-order valence-electron chi connectivity index (χ1n) is 9.41. The van der Waals surface area contributed by atoms with Gasteiger partial charge in [0.1, 0.15) is 0 Å². The van der Waals surface area contributed by atoms with E-state index in [0.29, 0.717) is 17.4 Å². The van der Waals surface area contributed by atoms with Gasteiger partial charge in [-0.15, -0.1) is 0 Å². The molecular weight excluding hydrogens is 426 g/mol. The number of halogens is 1. The van der Waals surface area contributed by atoms with Crippen LogP contribution < -0.4 is 5.56 Å². The first kappa shape index (κ1) is 17.9. The molecule has 2 heterocycles. The topological polar surface area (TPSA) is 50.7 Å². The lowest BCUT2D eigenvalue weighted by atomic mass is 10.0. The van der Waals surface area contributed by atoms with Crippen molar-refractivity contribution >= 4 is 37.7 Å². The largest absolute Gasteiger partial charge is 0.354 e. The third-order valence-electron chi connectivity index (χ3n) is 5.27. The Balaban J connectivity index is 1.70. The van der Waals surface area contributed by atoms with Crippen LogP contribution in [0.1, 0.15) is 11.1 Å². The molecule has 0 spiro atoms. The van der Waals surface area contributed by atoms with E-state index in [-0.39, 0.29) is 5.56 Å². The Labute approximate surface area is 176 Å². The summed E-state index contributed by atoms with van der Waals surface area (Å²) in [6.45, 7) is 2.52. The van der Waals surface area contributed by atoms with E-state index < -0.39 is 0 Å². The molecule has 5 heteroatoms. The summed E-state index contributed by atoms with van der Waals surface area (Å²) in [4.78, 5) is 21.2. The number of aromatic amines is 1. The van der Waals surface area contributed by atoms with Crippen LogP contribution in [0.15, 0.2) is 82.3 Å². The molecule has 4 nitrogen and oxygen atoms in total. The average Bonchev–Trinajstić information content (AvgIpc) is 3.09. The van der Waals surface area contributed by atoms with E-state index in [1.165, 1.54) is 5.56 Å². The molecule has 2 aromatic heterocycles. The molecule has 0 saturated heterocycles. The summed E-state index contributed by atoms with van der Waals surface area (Å²) >= 11 is 3.45. The number of benzene rings is 3. The Morgan fingerprint density at radius 1 is 1.00 bits per heavy atom. The van der Waals surface area contributed by atoms with Crippen LogP contribution in [0, 0.1) is 6.92 Å². The van der Waals surface area contributed by atoms with E-state index in [0.717, 1.165) is 32.2 Å². The number of aromatic nitrogens is 3. The van der Waals surface area contributed by atoms with Crippen LogP contribution in [0.25, 0.3) is 33.1 Å². The molecule has 29 heavy (non-hydrogen) atoms. The minimum atomic E-state index is -0.0450. The van der Waals surface area contributed by atoms with Gasteiger partial charge in [0, 0.05) is 20.9 Å². The second-order valence-corrected chi connectivity index (χ2v) is 8.14. The smallest absolute Gasteiger partial charge is 0.261 e. The van der Waals surface area contributed by atoms with Crippen LogP contribution in [0.4, 0.5) is 0 Å². The van der Waals surface area contributed by atoms with Crippen molar-refractivity contribution in [2.24, 2.45) is 0 Å². The van der Waals surface area contributed by atoms with Gasteiger partial charge in [0.25, 0.3) is 5.56 Å². The lowest BCUT2D eigenvalue weighted by Crippen LogP contribution is -2.21. The van der Waals surface area contributed by atoms with Crippen molar-refractivity contribution in [2.75, 3.05) is 0 Å². The maximum absolute atomic E-state index is 13.1. The molecule has 0 bridgehead atoms. The predicted octanol–water partition coefficient (Wildman–Crippen LogP) is 5.66. The van der Waals surface area contributed by atoms with Crippen LogP contribution in [-0.4, -0.2) is 14.5 Å². The first-order valence-corrected chi connectivity index (χ1v) is 10.2. The molecule has 0 atom stereocenters. The third kappa shape index (κ3) is 3.17. The molecule has 3 aromatic carbocycles.